The topological polar surface area (TPSA) is 52.6 Å². The predicted molar refractivity (Wildman–Crippen MR) is 107 cm³/mol. The Hall–Kier alpha value is -2.13. The van der Waals surface area contributed by atoms with E-state index in [-0.39, 0.29) is 0 Å². The molecule has 5 nitrogen and oxygen atoms in total. The maximum absolute atomic E-state index is 12.6. The van der Waals surface area contributed by atoms with E-state index in [0.717, 1.165) is 28.8 Å². The normalized spacial score (nSPS) is 12.5. The number of aliphatic imine (C=N–C) groups is 1. The lowest BCUT2D eigenvalue weighted by Crippen LogP contribution is -2.38. The van der Waals surface area contributed by atoms with Crippen LogP contribution in [0.4, 0.5) is 13.2 Å². The Morgan fingerprint density at radius 2 is 1.82 bits per heavy atom. The fourth-order valence-corrected chi connectivity index (χ4v) is 3.28. The number of rotatable bonds is 8. The van der Waals surface area contributed by atoms with E-state index in [9.17, 15) is 13.2 Å². The Balaban J connectivity index is 1.87. The van der Waals surface area contributed by atoms with Crippen LogP contribution in [0.2, 0.25) is 0 Å². The first-order valence-electron chi connectivity index (χ1n) is 9.04. The summed E-state index contributed by atoms with van der Waals surface area (Å²) in [6.07, 6.45) is -3.98. The third-order valence-corrected chi connectivity index (χ3v) is 4.67. The monoisotopic (exact) mass is 413 g/mol. The maximum Gasteiger partial charge on any atom is 0.434 e. The van der Waals surface area contributed by atoms with Crippen molar-refractivity contribution in [3.63, 3.8) is 0 Å². The second-order valence-electron chi connectivity index (χ2n) is 6.55. The third kappa shape index (κ3) is 7.47. The van der Waals surface area contributed by atoms with E-state index in [2.05, 4.69) is 49.8 Å². The summed E-state index contributed by atoms with van der Waals surface area (Å²) in [5, 5.41) is 7.79. The van der Waals surface area contributed by atoms with Crippen LogP contribution in [0.15, 0.2) is 34.6 Å². The van der Waals surface area contributed by atoms with Crippen molar-refractivity contribution in [3.05, 3.63) is 51.5 Å². The standard InChI is InChI=1S/C19H26F3N5S/c1-4-23-18(24-10-9-17-26-16(13-28-17)19(20,21)22)25-11-14-5-7-15(8-6-14)12-27(2)3/h5-8,13H,4,9-12H2,1-3H3,(H2,23,24,25). The number of halogens is 3. The summed E-state index contributed by atoms with van der Waals surface area (Å²) in [5.74, 6) is 0.632. The minimum absolute atomic E-state index is 0.407. The summed E-state index contributed by atoms with van der Waals surface area (Å²) in [6, 6.07) is 8.29. The summed E-state index contributed by atoms with van der Waals surface area (Å²) in [6.45, 7) is 4.53. The Kier molecular flexibility index (Phi) is 8.25. The van der Waals surface area contributed by atoms with Gasteiger partial charge in [-0.1, -0.05) is 24.3 Å². The van der Waals surface area contributed by atoms with E-state index in [1.165, 1.54) is 5.56 Å². The maximum atomic E-state index is 12.6. The molecule has 2 aromatic rings. The smallest absolute Gasteiger partial charge is 0.357 e. The molecule has 2 N–H and O–H groups in total. The Morgan fingerprint density at radius 1 is 1.14 bits per heavy atom. The average molecular weight is 414 g/mol. The van der Waals surface area contributed by atoms with Crippen LogP contribution >= 0.6 is 11.3 Å². The second kappa shape index (κ2) is 10.4. The van der Waals surface area contributed by atoms with Gasteiger partial charge in [0.05, 0.1) is 11.6 Å². The number of nitrogens with zero attached hydrogens (tertiary/aromatic N) is 3. The van der Waals surface area contributed by atoms with Gasteiger partial charge in [-0.15, -0.1) is 11.3 Å². The summed E-state index contributed by atoms with van der Waals surface area (Å²) in [5.41, 5.74) is 1.50. The molecular formula is C19H26F3N5S. The lowest BCUT2D eigenvalue weighted by atomic mass is 10.1. The van der Waals surface area contributed by atoms with Crippen molar-refractivity contribution in [2.24, 2.45) is 4.99 Å². The highest BCUT2D eigenvalue weighted by Gasteiger charge is 2.33. The van der Waals surface area contributed by atoms with E-state index in [1.807, 2.05) is 21.0 Å². The third-order valence-electron chi connectivity index (χ3n) is 3.76. The number of hydrogen-bond donors (Lipinski definition) is 2. The molecule has 0 bridgehead atoms. The van der Waals surface area contributed by atoms with Crippen molar-refractivity contribution >= 4 is 17.3 Å². The Bertz CT molecular complexity index is 754. The number of alkyl halides is 3. The van der Waals surface area contributed by atoms with Gasteiger partial charge in [-0.3, -0.25) is 0 Å². The minimum atomic E-state index is -4.39. The van der Waals surface area contributed by atoms with Crippen molar-refractivity contribution < 1.29 is 13.2 Å². The van der Waals surface area contributed by atoms with E-state index in [0.29, 0.717) is 37.0 Å². The van der Waals surface area contributed by atoms with Crippen LogP contribution in [0.3, 0.4) is 0 Å². The molecule has 1 aromatic carbocycles. The van der Waals surface area contributed by atoms with Crippen LogP contribution < -0.4 is 10.6 Å². The summed E-state index contributed by atoms with van der Waals surface area (Å²) in [4.78, 5) is 10.3. The molecule has 0 amide bonds. The number of thiazole rings is 1. The molecule has 0 aliphatic rings. The molecule has 28 heavy (non-hydrogen) atoms. The Labute approximate surface area is 167 Å². The van der Waals surface area contributed by atoms with Gasteiger partial charge < -0.3 is 15.5 Å². The van der Waals surface area contributed by atoms with Crippen LogP contribution in [0.1, 0.15) is 28.8 Å². The first-order chi connectivity index (χ1) is 13.3. The first-order valence-corrected chi connectivity index (χ1v) is 9.92. The molecule has 2 rings (SSSR count). The van der Waals surface area contributed by atoms with Gasteiger partial charge in [0.15, 0.2) is 11.7 Å². The molecule has 0 unspecified atom stereocenters. The lowest BCUT2D eigenvalue weighted by molar-refractivity contribution is -0.140. The molecule has 9 heteroatoms. The zero-order chi connectivity index (χ0) is 20.6. The van der Waals surface area contributed by atoms with Gasteiger partial charge in [0, 0.05) is 31.4 Å². The van der Waals surface area contributed by atoms with E-state index < -0.39 is 11.9 Å². The van der Waals surface area contributed by atoms with E-state index >= 15 is 0 Å². The van der Waals surface area contributed by atoms with Gasteiger partial charge in [-0.25, -0.2) is 9.98 Å². The summed E-state index contributed by atoms with van der Waals surface area (Å²) < 4.78 is 37.8. The molecule has 0 spiro atoms. The highest BCUT2D eigenvalue weighted by molar-refractivity contribution is 7.09. The van der Waals surface area contributed by atoms with Crippen molar-refractivity contribution in [1.29, 1.82) is 0 Å². The molecule has 0 aliphatic heterocycles. The summed E-state index contributed by atoms with van der Waals surface area (Å²) in [7, 11) is 4.06. The SMILES string of the molecule is CCNC(=NCc1ccc(CN(C)C)cc1)NCCc1nc(C(F)(F)F)cs1. The van der Waals surface area contributed by atoms with Crippen molar-refractivity contribution in [3.8, 4) is 0 Å². The molecule has 0 atom stereocenters. The fraction of sp³-hybridized carbons (Fsp3) is 0.474. The zero-order valence-electron chi connectivity index (χ0n) is 16.3. The van der Waals surface area contributed by atoms with Crippen LogP contribution in [-0.4, -0.2) is 43.0 Å². The van der Waals surface area contributed by atoms with Gasteiger partial charge in [-0.2, -0.15) is 13.2 Å². The van der Waals surface area contributed by atoms with Crippen LogP contribution in [0.5, 0.6) is 0 Å². The van der Waals surface area contributed by atoms with Gasteiger partial charge in [0.2, 0.25) is 0 Å². The van der Waals surface area contributed by atoms with Crippen molar-refractivity contribution in [1.82, 2.24) is 20.5 Å². The van der Waals surface area contributed by atoms with Crippen LogP contribution in [0, 0.1) is 0 Å². The largest absolute Gasteiger partial charge is 0.434 e. The Morgan fingerprint density at radius 3 is 2.39 bits per heavy atom. The second-order valence-corrected chi connectivity index (χ2v) is 7.49. The molecule has 0 radical (unpaired) electrons. The number of benzene rings is 1. The van der Waals surface area contributed by atoms with Gasteiger partial charge >= 0.3 is 6.18 Å². The van der Waals surface area contributed by atoms with Gasteiger partial charge in [0.25, 0.3) is 0 Å². The predicted octanol–water partition coefficient (Wildman–Crippen LogP) is 3.52. The highest BCUT2D eigenvalue weighted by atomic mass is 32.1. The molecule has 1 heterocycles. The lowest BCUT2D eigenvalue weighted by Gasteiger charge is -2.11. The fourth-order valence-electron chi connectivity index (χ4n) is 2.47. The number of guanidine groups is 1. The number of aromatic nitrogens is 1. The highest BCUT2D eigenvalue weighted by Crippen LogP contribution is 2.29. The summed E-state index contributed by atoms with van der Waals surface area (Å²) >= 11 is 1.02. The molecule has 1 aromatic heterocycles. The quantitative estimate of drug-likeness (QED) is 0.514. The zero-order valence-corrected chi connectivity index (χ0v) is 17.1. The van der Waals surface area contributed by atoms with Crippen LogP contribution in [0.25, 0.3) is 0 Å². The number of nitrogens with one attached hydrogen (secondary N) is 2. The minimum Gasteiger partial charge on any atom is -0.357 e. The molecule has 0 aliphatic carbocycles. The first kappa shape index (κ1) is 22.2. The van der Waals surface area contributed by atoms with Crippen molar-refractivity contribution in [2.45, 2.75) is 32.6 Å². The molecular weight excluding hydrogens is 387 g/mol. The molecule has 0 fully saturated rings. The van der Waals surface area contributed by atoms with Gasteiger partial charge in [0.1, 0.15) is 0 Å². The molecule has 0 saturated heterocycles. The van der Waals surface area contributed by atoms with Crippen molar-refractivity contribution in [2.75, 3.05) is 27.2 Å². The van der Waals surface area contributed by atoms with E-state index in [4.69, 9.17) is 0 Å². The number of hydrogen-bond acceptors (Lipinski definition) is 4. The van der Waals surface area contributed by atoms with Crippen LogP contribution in [-0.2, 0) is 25.7 Å². The average Bonchev–Trinajstić information content (AvgIpc) is 3.10. The molecule has 154 valence electrons. The van der Waals surface area contributed by atoms with Gasteiger partial charge in [-0.05, 0) is 32.1 Å². The van der Waals surface area contributed by atoms with E-state index in [1.54, 1.807) is 0 Å². The molecule has 0 saturated carbocycles.